The zero-order valence-corrected chi connectivity index (χ0v) is 13.5. The van der Waals surface area contributed by atoms with Crippen molar-refractivity contribution in [1.29, 1.82) is 0 Å². The Kier molecular flexibility index (Phi) is 4.37. The lowest BCUT2D eigenvalue weighted by atomic mass is 9.94. The van der Waals surface area contributed by atoms with Crippen LogP contribution in [0.25, 0.3) is 10.8 Å². The van der Waals surface area contributed by atoms with Crippen LogP contribution in [-0.4, -0.2) is 32.9 Å². The van der Waals surface area contributed by atoms with Crippen LogP contribution in [0, 0.1) is 5.41 Å². The molecule has 0 amide bonds. The Morgan fingerprint density at radius 2 is 1.71 bits per heavy atom. The van der Waals surface area contributed by atoms with Gasteiger partial charge in [-0.2, -0.15) is 0 Å². The first-order chi connectivity index (χ1) is 9.76. The van der Waals surface area contributed by atoms with E-state index in [1.54, 1.807) is 19.2 Å². The van der Waals surface area contributed by atoms with Crippen LogP contribution in [0.2, 0.25) is 0 Å². The van der Waals surface area contributed by atoms with Crippen molar-refractivity contribution in [2.75, 3.05) is 20.1 Å². The Hall–Kier alpha value is -1.43. The van der Waals surface area contributed by atoms with Crippen LogP contribution >= 0.6 is 0 Å². The Bertz CT molecular complexity index is 739. The number of fused-ring (bicyclic) bond motifs is 1. The molecule has 0 saturated heterocycles. The van der Waals surface area contributed by atoms with Crippen molar-refractivity contribution in [1.82, 2.24) is 4.31 Å². The van der Waals surface area contributed by atoms with E-state index in [2.05, 4.69) is 0 Å². The van der Waals surface area contributed by atoms with Crippen LogP contribution in [0.5, 0.6) is 0 Å². The van der Waals surface area contributed by atoms with Gasteiger partial charge in [0.2, 0.25) is 10.0 Å². The molecule has 0 heterocycles. The minimum Gasteiger partial charge on any atom is -0.330 e. The molecule has 2 rings (SSSR count). The molecule has 0 saturated carbocycles. The maximum Gasteiger partial charge on any atom is 0.242 e. The molecule has 0 spiro atoms. The van der Waals surface area contributed by atoms with Crippen LogP contribution in [0.1, 0.15) is 13.8 Å². The highest BCUT2D eigenvalue weighted by molar-refractivity contribution is 7.89. The summed E-state index contributed by atoms with van der Waals surface area (Å²) in [6.07, 6.45) is 0. The maximum atomic E-state index is 12.7. The fourth-order valence-electron chi connectivity index (χ4n) is 2.26. The molecule has 5 heteroatoms. The van der Waals surface area contributed by atoms with E-state index >= 15 is 0 Å². The summed E-state index contributed by atoms with van der Waals surface area (Å²) in [5.74, 6) is 0. The van der Waals surface area contributed by atoms with E-state index in [0.29, 0.717) is 18.0 Å². The van der Waals surface area contributed by atoms with E-state index < -0.39 is 10.0 Å². The van der Waals surface area contributed by atoms with Gasteiger partial charge in [0.15, 0.2) is 0 Å². The Balaban J connectivity index is 2.37. The third-order valence-corrected chi connectivity index (χ3v) is 5.43. The Morgan fingerprint density at radius 1 is 1.10 bits per heavy atom. The molecule has 0 unspecified atom stereocenters. The Morgan fingerprint density at radius 3 is 2.33 bits per heavy atom. The predicted molar refractivity (Wildman–Crippen MR) is 86.6 cm³/mol. The van der Waals surface area contributed by atoms with Gasteiger partial charge in [-0.25, -0.2) is 12.7 Å². The van der Waals surface area contributed by atoms with E-state index in [-0.39, 0.29) is 5.41 Å². The third-order valence-electron chi connectivity index (χ3n) is 3.63. The van der Waals surface area contributed by atoms with Crippen molar-refractivity contribution in [3.8, 4) is 0 Å². The third kappa shape index (κ3) is 3.43. The van der Waals surface area contributed by atoms with Gasteiger partial charge in [-0.15, -0.1) is 0 Å². The normalized spacial score (nSPS) is 13.0. The van der Waals surface area contributed by atoms with Gasteiger partial charge in [-0.05, 0) is 34.9 Å². The van der Waals surface area contributed by atoms with Crippen molar-refractivity contribution in [2.45, 2.75) is 18.7 Å². The van der Waals surface area contributed by atoms with Crippen LogP contribution in [0.4, 0.5) is 0 Å². The molecule has 4 nitrogen and oxygen atoms in total. The van der Waals surface area contributed by atoms with Crippen molar-refractivity contribution < 1.29 is 8.42 Å². The topological polar surface area (TPSA) is 63.4 Å². The fourth-order valence-corrected chi connectivity index (χ4v) is 3.66. The van der Waals surface area contributed by atoms with E-state index in [1.807, 2.05) is 44.2 Å². The standard InChI is InChI=1S/C16H22N2O2S/c1-16(2,11-17)12-18(3)21(19,20)15-9-8-13-6-4-5-7-14(13)10-15/h4-10H,11-12,17H2,1-3H3. The van der Waals surface area contributed by atoms with Gasteiger partial charge in [0.05, 0.1) is 4.90 Å². The smallest absolute Gasteiger partial charge is 0.242 e. The molecule has 0 fully saturated rings. The number of hydrogen-bond donors (Lipinski definition) is 1. The van der Waals surface area contributed by atoms with Gasteiger partial charge in [0.1, 0.15) is 0 Å². The van der Waals surface area contributed by atoms with Gasteiger partial charge >= 0.3 is 0 Å². The fraction of sp³-hybridized carbons (Fsp3) is 0.375. The summed E-state index contributed by atoms with van der Waals surface area (Å²) in [5, 5.41) is 1.95. The van der Waals surface area contributed by atoms with Gasteiger partial charge in [-0.1, -0.05) is 44.2 Å². The van der Waals surface area contributed by atoms with E-state index in [9.17, 15) is 8.42 Å². The van der Waals surface area contributed by atoms with Crippen molar-refractivity contribution >= 4 is 20.8 Å². The van der Waals surface area contributed by atoms with Gasteiger partial charge in [-0.3, -0.25) is 0 Å². The van der Waals surface area contributed by atoms with Crippen LogP contribution in [0.3, 0.4) is 0 Å². The average Bonchev–Trinajstić information content (AvgIpc) is 2.46. The van der Waals surface area contributed by atoms with E-state index in [0.717, 1.165) is 10.8 Å². The van der Waals surface area contributed by atoms with Crippen LogP contribution in [0.15, 0.2) is 47.4 Å². The lowest BCUT2D eigenvalue weighted by Crippen LogP contribution is -2.39. The quantitative estimate of drug-likeness (QED) is 0.923. The Labute approximate surface area is 126 Å². The molecular formula is C16H22N2O2S. The number of sulfonamides is 1. The number of benzene rings is 2. The maximum absolute atomic E-state index is 12.7. The van der Waals surface area contributed by atoms with Crippen molar-refractivity contribution in [3.63, 3.8) is 0 Å². The minimum absolute atomic E-state index is 0.251. The first-order valence-electron chi connectivity index (χ1n) is 6.91. The van der Waals surface area contributed by atoms with Crippen LogP contribution in [-0.2, 0) is 10.0 Å². The van der Waals surface area contributed by atoms with Gasteiger partial charge < -0.3 is 5.73 Å². The number of nitrogens with two attached hydrogens (primary N) is 1. The minimum atomic E-state index is -3.50. The largest absolute Gasteiger partial charge is 0.330 e. The summed E-state index contributed by atoms with van der Waals surface area (Å²) in [7, 11) is -1.90. The highest BCUT2D eigenvalue weighted by Crippen LogP contribution is 2.23. The second kappa shape index (κ2) is 5.75. The lowest BCUT2D eigenvalue weighted by Gasteiger charge is -2.28. The molecule has 2 aromatic carbocycles. The number of hydrogen-bond acceptors (Lipinski definition) is 3. The second-order valence-corrected chi connectivity index (χ2v) is 8.18. The average molecular weight is 306 g/mol. The molecular weight excluding hydrogens is 284 g/mol. The molecule has 21 heavy (non-hydrogen) atoms. The molecule has 0 radical (unpaired) electrons. The molecule has 0 bridgehead atoms. The molecule has 0 aromatic heterocycles. The summed E-state index contributed by atoms with van der Waals surface area (Å²) in [5.41, 5.74) is 5.44. The SMILES string of the molecule is CN(CC(C)(C)CN)S(=O)(=O)c1ccc2ccccc2c1. The molecule has 0 aliphatic heterocycles. The summed E-state index contributed by atoms with van der Waals surface area (Å²) in [4.78, 5) is 0.316. The lowest BCUT2D eigenvalue weighted by molar-refractivity contribution is 0.292. The zero-order valence-electron chi connectivity index (χ0n) is 12.7. The predicted octanol–water partition coefficient (Wildman–Crippen LogP) is 2.45. The second-order valence-electron chi connectivity index (χ2n) is 6.14. The van der Waals surface area contributed by atoms with E-state index in [1.165, 1.54) is 4.31 Å². The summed E-state index contributed by atoms with van der Waals surface area (Å²) in [6.45, 7) is 4.74. The summed E-state index contributed by atoms with van der Waals surface area (Å²) in [6, 6.07) is 12.9. The summed E-state index contributed by atoms with van der Waals surface area (Å²) >= 11 is 0. The zero-order chi connectivity index (χ0) is 15.7. The van der Waals surface area contributed by atoms with Crippen LogP contribution < -0.4 is 5.73 Å². The number of nitrogens with zero attached hydrogens (tertiary/aromatic N) is 1. The molecule has 0 atom stereocenters. The molecule has 0 aliphatic rings. The molecule has 2 aromatic rings. The van der Waals surface area contributed by atoms with Gasteiger partial charge in [0, 0.05) is 13.6 Å². The highest BCUT2D eigenvalue weighted by Gasteiger charge is 2.27. The van der Waals surface area contributed by atoms with Crippen molar-refractivity contribution in [3.05, 3.63) is 42.5 Å². The first-order valence-corrected chi connectivity index (χ1v) is 8.35. The molecule has 2 N–H and O–H groups in total. The number of rotatable bonds is 5. The van der Waals surface area contributed by atoms with Crippen molar-refractivity contribution in [2.24, 2.45) is 11.1 Å². The monoisotopic (exact) mass is 306 g/mol. The van der Waals surface area contributed by atoms with Gasteiger partial charge in [0.25, 0.3) is 0 Å². The molecule has 0 aliphatic carbocycles. The summed E-state index contributed by atoms with van der Waals surface area (Å²) < 4.78 is 26.7. The highest BCUT2D eigenvalue weighted by atomic mass is 32.2. The first kappa shape index (κ1) is 15.9. The van der Waals surface area contributed by atoms with E-state index in [4.69, 9.17) is 5.73 Å². The molecule has 114 valence electrons.